The van der Waals surface area contributed by atoms with E-state index in [1.54, 1.807) is 24.3 Å². The minimum absolute atomic E-state index is 0.00589. The first-order valence-electron chi connectivity index (χ1n) is 7.79. The number of nitriles is 1. The average molecular weight is 345 g/mol. The summed E-state index contributed by atoms with van der Waals surface area (Å²) >= 11 is 0. The molecule has 1 heterocycles. The smallest absolute Gasteiger partial charge is 0.326 e. The third-order valence-electron chi connectivity index (χ3n) is 4.10. The molecule has 2 amide bonds. The molecule has 0 aromatic heterocycles. The molecule has 25 heavy (non-hydrogen) atoms. The van der Waals surface area contributed by atoms with Crippen LogP contribution in [0.2, 0.25) is 0 Å². The molecule has 0 saturated carbocycles. The summed E-state index contributed by atoms with van der Waals surface area (Å²) in [5.74, 6) is -2.19. The number of nitrogens with zero attached hydrogens (tertiary/aromatic N) is 2. The highest BCUT2D eigenvalue weighted by Crippen LogP contribution is 2.18. The maximum Gasteiger partial charge on any atom is 0.326 e. The lowest BCUT2D eigenvalue weighted by molar-refractivity contribution is -0.143. The van der Waals surface area contributed by atoms with Crippen molar-refractivity contribution < 1.29 is 24.6 Å². The molecule has 8 heteroatoms. The van der Waals surface area contributed by atoms with Gasteiger partial charge in [0.15, 0.2) is 0 Å². The summed E-state index contributed by atoms with van der Waals surface area (Å²) in [6, 6.07) is 6.35. The molecule has 1 aromatic carbocycles. The summed E-state index contributed by atoms with van der Waals surface area (Å²) in [6.45, 7) is 1.34. The van der Waals surface area contributed by atoms with Crippen LogP contribution in [0.25, 0.3) is 0 Å². The summed E-state index contributed by atoms with van der Waals surface area (Å²) < 4.78 is 0. The summed E-state index contributed by atoms with van der Waals surface area (Å²) in [4.78, 5) is 36.7. The second kappa shape index (κ2) is 7.77. The Bertz CT molecular complexity index is 727. The number of hydrogen-bond donors (Lipinski definition) is 3. The van der Waals surface area contributed by atoms with Gasteiger partial charge in [-0.2, -0.15) is 5.26 Å². The third kappa shape index (κ3) is 4.55. The summed E-state index contributed by atoms with van der Waals surface area (Å²) in [5, 5.41) is 30.4. The van der Waals surface area contributed by atoms with Crippen molar-refractivity contribution >= 4 is 17.8 Å². The number of nitrogens with one attached hydrogen (secondary N) is 1. The summed E-state index contributed by atoms with van der Waals surface area (Å²) in [6.07, 6.45) is -0.733. The molecule has 3 atom stereocenters. The Hall–Kier alpha value is -2.92. The standard InChI is InChI=1S/C17H19N3O5/c1-10(21)20-9-13(22)7-15(20)16(23)19-14(17(24)25)6-11-3-2-4-12(5-11)8-18/h2-5,13-15,22H,6-7,9H2,1H3,(H,19,23)(H,24,25)/t13-,14-,15+/m1/s1. The first-order chi connectivity index (χ1) is 11.8. The highest BCUT2D eigenvalue weighted by atomic mass is 16.4. The van der Waals surface area contributed by atoms with Gasteiger partial charge < -0.3 is 20.4 Å². The predicted molar refractivity (Wildman–Crippen MR) is 86.2 cm³/mol. The van der Waals surface area contributed by atoms with Crippen molar-refractivity contribution in [2.45, 2.75) is 38.0 Å². The molecule has 1 saturated heterocycles. The van der Waals surface area contributed by atoms with Gasteiger partial charge in [-0.05, 0) is 17.7 Å². The van der Waals surface area contributed by atoms with E-state index < -0.39 is 30.1 Å². The molecule has 1 aliphatic heterocycles. The van der Waals surface area contributed by atoms with Gasteiger partial charge in [-0.15, -0.1) is 0 Å². The third-order valence-corrected chi connectivity index (χ3v) is 4.10. The van der Waals surface area contributed by atoms with Crippen molar-refractivity contribution in [3.05, 3.63) is 35.4 Å². The number of benzene rings is 1. The molecule has 0 unspecified atom stereocenters. The number of carboxylic acids is 1. The molecule has 1 fully saturated rings. The number of aliphatic hydroxyl groups excluding tert-OH is 1. The zero-order valence-corrected chi connectivity index (χ0v) is 13.7. The summed E-state index contributed by atoms with van der Waals surface area (Å²) in [7, 11) is 0. The van der Waals surface area contributed by atoms with E-state index in [9.17, 15) is 24.6 Å². The van der Waals surface area contributed by atoms with Gasteiger partial charge in [-0.3, -0.25) is 9.59 Å². The van der Waals surface area contributed by atoms with E-state index in [4.69, 9.17) is 5.26 Å². The first kappa shape index (κ1) is 18.4. The number of carbonyl (C=O) groups excluding carboxylic acids is 2. The van der Waals surface area contributed by atoms with Crippen LogP contribution >= 0.6 is 0 Å². The molecule has 0 bridgehead atoms. The fourth-order valence-corrected chi connectivity index (χ4v) is 2.88. The molecule has 0 aliphatic carbocycles. The van der Waals surface area contributed by atoms with Crippen molar-refractivity contribution in [3.8, 4) is 6.07 Å². The van der Waals surface area contributed by atoms with Crippen molar-refractivity contribution in [2.24, 2.45) is 0 Å². The molecular weight excluding hydrogens is 326 g/mol. The highest BCUT2D eigenvalue weighted by Gasteiger charge is 2.38. The second-order valence-electron chi connectivity index (χ2n) is 5.99. The van der Waals surface area contributed by atoms with Gasteiger partial charge in [0.25, 0.3) is 0 Å². The van der Waals surface area contributed by atoms with Crippen LogP contribution in [0.4, 0.5) is 0 Å². The molecular formula is C17H19N3O5. The number of rotatable bonds is 5. The SMILES string of the molecule is CC(=O)N1C[C@H](O)C[C@H]1C(=O)N[C@H](Cc1cccc(C#N)c1)C(=O)O. The Morgan fingerprint density at radius 3 is 2.76 bits per heavy atom. The van der Waals surface area contributed by atoms with Crippen LogP contribution in [-0.2, 0) is 20.8 Å². The van der Waals surface area contributed by atoms with Gasteiger partial charge in [-0.1, -0.05) is 12.1 Å². The van der Waals surface area contributed by atoms with Crippen LogP contribution < -0.4 is 5.32 Å². The minimum Gasteiger partial charge on any atom is -0.480 e. The van der Waals surface area contributed by atoms with Crippen molar-refractivity contribution in [2.75, 3.05) is 6.54 Å². The fraction of sp³-hybridized carbons (Fsp3) is 0.412. The number of hydrogen-bond acceptors (Lipinski definition) is 5. The largest absolute Gasteiger partial charge is 0.480 e. The van der Waals surface area contributed by atoms with E-state index in [0.29, 0.717) is 11.1 Å². The van der Waals surface area contributed by atoms with E-state index in [-0.39, 0.29) is 25.3 Å². The molecule has 2 rings (SSSR count). The minimum atomic E-state index is -1.22. The van der Waals surface area contributed by atoms with E-state index in [2.05, 4.69) is 5.32 Å². The maximum atomic E-state index is 12.4. The van der Waals surface area contributed by atoms with Crippen molar-refractivity contribution in [1.29, 1.82) is 5.26 Å². The van der Waals surface area contributed by atoms with Gasteiger partial charge in [0.05, 0.1) is 17.7 Å². The quantitative estimate of drug-likeness (QED) is 0.669. The maximum absolute atomic E-state index is 12.4. The lowest BCUT2D eigenvalue weighted by atomic mass is 10.0. The number of likely N-dealkylation sites (tertiary alicyclic amines) is 1. The van der Waals surface area contributed by atoms with Crippen LogP contribution in [0, 0.1) is 11.3 Å². The van der Waals surface area contributed by atoms with Crippen LogP contribution in [-0.4, -0.2) is 57.6 Å². The van der Waals surface area contributed by atoms with Gasteiger partial charge in [0, 0.05) is 26.3 Å². The van der Waals surface area contributed by atoms with Crippen molar-refractivity contribution in [1.82, 2.24) is 10.2 Å². The average Bonchev–Trinajstić information content (AvgIpc) is 2.96. The molecule has 132 valence electrons. The fourth-order valence-electron chi connectivity index (χ4n) is 2.88. The van der Waals surface area contributed by atoms with Gasteiger partial charge in [-0.25, -0.2) is 4.79 Å². The van der Waals surface area contributed by atoms with Crippen molar-refractivity contribution in [3.63, 3.8) is 0 Å². The van der Waals surface area contributed by atoms with Gasteiger partial charge in [0.1, 0.15) is 12.1 Å². The molecule has 3 N–H and O–H groups in total. The number of β-amino-alcohol motifs (C(OH)–C–C–N with tert-alkyl or cyclic N) is 1. The van der Waals surface area contributed by atoms with Gasteiger partial charge >= 0.3 is 5.97 Å². The van der Waals surface area contributed by atoms with E-state index in [0.717, 1.165) is 0 Å². The monoisotopic (exact) mass is 345 g/mol. The number of aliphatic hydroxyl groups is 1. The zero-order valence-electron chi connectivity index (χ0n) is 13.7. The van der Waals surface area contributed by atoms with E-state index in [1.807, 2.05) is 6.07 Å². The van der Waals surface area contributed by atoms with Gasteiger partial charge in [0.2, 0.25) is 11.8 Å². The van der Waals surface area contributed by atoms with Crippen LogP contribution in [0.5, 0.6) is 0 Å². The lowest BCUT2D eigenvalue weighted by Gasteiger charge is -2.24. The molecule has 0 spiro atoms. The Morgan fingerprint density at radius 2 is 2.16 bits per heavy atom. The summed E-state index contributed by atoms with van der Waals surface area (Å²) in [5.41, 5.74) is 0.997. The second-order valence-corrected chi connectivity index (χ2v) is 5.99. The molecule has 1 aliphatic rings. The number of carbonyl (C=O) groups is 3. The van der Waals surface area contributed by atoms with E-state index in [1.165, 1.54) is 11.8 Å². The van der Waals surface area contributed by atoms with Crippen LogP contribution in [0.15, 0.2) is 24.3 Å². The van der Waals surface area contributed by atoms with Crippen LogP contribution in [0.3, 0.4) is 0 Å². The number of carboxylic acid groups (broad SMARTS) is 1. The lowest BCUT2D eigenvalue weighted by Crippen LogP contribution is -2.51. The number of amides is 2. The predicted octanol–water partition coefficient (Wildman–Crippen LogP) is -0.348. The number of aliphatic carboxylic acids is 1. The topological polar surface area (TPSA) is 131 Å². The van der Waals surface area contributed by atoms with E-state index >= 15 is 0 Å². The molecule has 8 nitrogen and oxygen atoms in total. The Balaban J connectivity index is 2.10. The Morgan fingerprint density at radius 1 is 1.44 bits per heavy atom. The highest BCUT2D eigenvalue weighted by molar-refractivity contribution is 5.90. The first-order valence-corrected chi connectivity index (χ1v) is 7.79. The zero-order chi connectivity index (χ0) is 18.6. The van der Waals surface area contributed by atoms with Crippen LogP contribution in [0.1, 0.15) is 24.5 Å². The normalized spacial score (nSPS) is 20.6. The molecule has 0 radical (unpaired) electrons. The Kier molecular flexibility index (Phi) is 5.72. The Labute approximate surface area is 144 Å². The molecule has 1 aromatic rings.